The summed E-state index contributed by atoms with van der Waals surface area (Å²) in [6.07, 6.45) is 5.27. The molecule has 1 aliphatic heterocycles. The zero-order chi connectivity index (χ0) is 14.2. The highest BCUT2D eigenvalue weighted by Crippen LogP contribution is 2.10. The molecule has 1 aliphatic rings. The molecule has 1 saturated heterocycles. The van der Waals surface area contributed by atoms with Gasteiger partial charge in [-0.2, -0.15) is 0 Å². The maximum atomic E-state index is 5.58. The first kappa shape index (κ1) is 14.8. The van der Waals surface area contributed by atoms with Gasteiger partial charge in [0.2, 0.25) is 0 Å². The summed E-state index contributed by atoms with van der Waals surface area (Å²) >= 11 is 0. The summed E-state index contributed by atoms with van der Waals surface area (Å²) in [7, 11) is 1.78. The van der Waals surface area contributed by atoms with Crippen molar-refractivity contribution in [2.75, 3.05) is 26.7 Å². The predicted molar refractivity (Wildman–Crippen MR) is 77.7 cm³/mol. The molecule has 1 atom stereocenters. The van der Waals surface area contributed by atoms with Crippen molar-refractivity contribution in [1.82, 2.24) is 25.4 Å². The third-order valence-corrected chi connectivity index (χ3v) is 3.40. The number of hydrogen-bond acceptors (Lipinski definition) is 4. The largest absolute Gasteiger partial charge is 0.376 e. The molecule has 20 heavy (non-hydrogen) atoms. The second-order valence-corrected chi connectivity index (χ2v) is 4.81. The van der Waals surface area contributed by atoms with Crippen LogP contribution in [0.5, 0.6) is 0 Å². The molecular formula is C13H24N6O. The Morgan fingerprint density at radius 3 is 3.15 bits per heavy atom. The standard InChI is InChI=1S/C13H24N6O/c1-3-12-18-17-10-19(12)7-6-15-13(14-2)16-9-11-5-4-8-20-11/h10-11H,3-9H2,1-2H3,(H2,14,15,16). The molecule has 0 bridgehead atoms. The van der Waals surface area contributed by atoms with E-state index in [-0.39, 0.29) is 0 Å². The van der Waals surface area contributed by atoms with Crippen molar-refractivity contribution in [2.45, 2.75) is 38.8 Å². The van der Waals surface area contributed by atoms with Crippen LogP contribution >= 0.6 is 0 Å². The number of rotatable bonds is 6. The highest BCUT2D eigenvalue weighted by Gasteiger charge is 2.15. The van der Waals surface area contributed by atoms with E-state index in [1.165, 1.54) is 0 Å². The van der Waals surface area contributed by atoms with Crippen LogP contribution in [-0.4, -0.2) is 53.6 Å². The monoisotopic (exact) mass is 280 g/mol. The van der Waals surface area contributed by atoms with Crippen molar-refractivity contribution in [2.24, 2.45) is 4.99 Å². The Balaban J connectivity index is 1.68. The molecule has 7 heteroatoms. The lowest BCUT2D eigenvalue weighted by Gasteiger charge is -2.15. The molecule has 2 rings (SSSR count). The second kappa shape index (κ2) is 7.84. The molecule has 1 aromatic rings. The fourth-order valence-electron chi connectivity index (χ4n) is 2.27. The SMILES string of the molecule is CCc1nncn1CCNC(=NC)NCC1CCCO1. The molecule has 112 valence electrons. The van der Waals surface area contributed by atoms with E-state index in [4.69, 9.17) is 4.74 Å². The Kier molecular flexibility index (Phi) is 5.79. The fourth-order valence-corrected chi connectivity index (χ4v) is 2.27. The van der Waals surface area contributed by atoms with Gasteiger partial charge < -0.3 is 19.9 Å². The van der Waals surface area contributed by atoms with E-state index in [1.807, 2.05) is 0 Å². The van der Waals surface area contributed by atoms with Crippen molar-refractivity contribution in [3.63, 3.8) is 0 Å². The van der Waals surface area contributed by atoms with Crippen LogP contribution in [0.15, 0.2) is 11.3 Å². The van der Waals surface area contributed by atoms with Crippen LogP contribution in [-0.2, 0) is 17.7 Å². The van der Waals surface area contributed by atoms with Gasteiger partial charge in [0, 0.05) is 39.7 Å². The molecular weight excluding hydrogens is 256 g/mol. The minimum Gasteiger partial charge on any atom is -0.376 e. The van der Waals surface area contributed by atoms with Crippen LogP contribution in [0.3, 0.4) is 0 Å². The minimum absolute atomic E-state index is 0.318. The smallest absolute Gasteiger partial charge is 0.191 e. The van der Waals surface area contributed by atoms with Gasteiger partial charge in [-0.25, -0.2) is 0 Å². The lowest BCUT2D eigenvalue weighted by molar-refractivity contribution is 0.114. The number of ether oxygens (including phenoxy) is 1. The van der Waals surface area contributed by atoms with Crippen molar-refractivity contribution < 1.29 is 4.74 Å². The average molecular weight is 280 g/mol. The highest BCUT2D eigenvalue weighted by atomic mass is 16.5. The lowest BCUT2D eigenvalue weighted by Crippen LogP contribution is -2.42. The van der Waals surface area contributed by atoms with E-state index in [2.05, 4.69) is 37.3 Å². The van der Waals surface area contributed by atoms with Gasteiger partial charge in [0.15, 0.2) is 5.96 Å². The minimum atomic E-state index is 0.318. The fraction of sp³-hybridized carbons (Fsp3) is 0.769. The van der Waals surface area contributed by atoms with Gasteiger partial charge in [0.05, 0.1) is 6.10 Å². The van der Waals surface area contributed by atoms with E-state index < -0.39 is 0 Å². The zero-order valence-electron chi connectivity index (χ0n) is 12.3. The Morgan fingerprint density at radius 2 is 2.45 bits per heavy atom. The van der Waals surface area contributed by atoms with Gasteiger partial charge >= 0.3 is 0 Å². The maximum Gasteiger partial charge on any atom is 0.191 e. The van der Waals surface area contributed by atoms with Crippen molar-refractivity contribution in [3.05, 3.63) is 12.2 Å². The highest BCUT2D eigenvalue weighted by molar-refractivity contribution is 5.79. The van der Waals surface area contributed by atoms with Crippen LogP contribution in [0.1, 0.15) is 25.6 Å². The van der Waals surface area contributed by atoms with Crippen LogP contribution in [0, 0.1) is 0 Å². The molecule has 2 heterocycles. The number of aromatic nitrogens is 3. The van der Waals surface area contributed by atoms with Crippen LogP contribution in [0.4, 0.5) is 0 Å². The summed E-state index contributed by atoms with van der Waals surface area (Å²) in [4.78, 5) is 4.21. The molecule has 1 unspecified atom stereocenters. The number of guanidine groups is 1. The van der Waals surface area contributed by atoms with E-state index >= 15 is 0 Å². The lowest BCUT2D eigenvalue weighted by atomic mass is 10.2. The van der Waals surface area contributed by atoms with Crippen molar-refractivity contribution in [1.29, 1.82) is 0 Å². The molecule has 0 saturated carbocycles. The summed E-state index contributed by atoms with van der Waals surface area (Å²) in [5, 5.41) is 14.6. The first-order valence-corrected chi connectivity index (χ1v) is 7.26. The Hall–Kier alpha value is -1.63. The van der Waals surface area contributed by atoms with Gasteiger partial charge in [-0.15, -0.1) is 10.2 Å². The Labute approximate surface area is 119 Å². The molecule has 0 aliphatic carbocycles. The first-order valence-electron chi connectivity index (χ1n) is 7.26. The first-order chi connectivity index (χ1) is 9.83. The Bertz CT molecular complexity index is 424. The average Bonchev–Trinajstić information content (AvgIpc) is 3.13. The normalized spacial score (nSPS) is 19.3. The number of nitrogens with one attached hydrogen (secondary N) is 2. The van der Waals surface area contributed by atoms with Gasteiger partial charge in [0.25, 0.3) is 0 Å². The summed E-state index contributed by atoms with van der Waals surface area (Å²) < 4.78 is 7.63. The topological polar surface area (TPSA) is 76.4 Å². The number of aryl methyl sites for hydroxylation is 1. The van der Waals surface area contributed by atoms with Gasteiger partial charge in [-0.1, -0.05) is 6.92 Å². The predicted octanol–water partition coefficient (Wildman–Crippen LogP) is 0.185. The second-order valence-electron chi connectivity index (χ2n) is 4.81. The third-order valence-electron chi connectivity index (χ3n) is 3.40. The third kappa shape index (κ3) is 4.19. The van der Waals surface area contributed by atoms with Crippen molar-refractivity contribution >= 4 is 5.96 Å². The summed E-state index contributed by atoms with van der Waals surface area (Å²) in [6, 6.07) is 0. The van der Waals surface area contributed by atoms with Crippen molar-refractivity contribution in [3.8, 4) is 0 Å². The maximum absolute atomic E-state index is 5.58. The van der Waals surface area contributed by atoms with Crippen LogP contribution in [0.2, 0.25) is 0 Å². The van der Waals surface area contributed by atoms with E-state index in [9.17, 15) is 0 Å². The molecule has 2 N–H and O–H groups in total. The quantitative estimate of drug-likeness (QED) is 0.574. The molecule has 1 fully saturated rings. The summed E-state index contributed by atoms with van der Waals surface area (Å²) in [5.41, 5.74) is 0. The molecule has 7 nitrogen and oxygen atoms in total. The van der Waals surface area contributed by atoms with E-state index in [1.54, 1.807) is 13.4 Å². The van der Waals surface area contributed by atoms with Crippen LogP contribution in [0.25, 0.3) is 0 Å². The van der Waals surface area contributed by atoms with Gasteiger partial charge in [0.1, 0.15) is 12.2 Å². The zero-order valence-corrected chi connectivity index (χ0v) is 12.3. The number of aliphatic imine (C=N–C) groups is 1. The summed E-state index contributed by atoms with van der Waals surface area (Å²) in [5.74, 6) is 1.82. The summed E-state index contributed by atoms with van der Waals surface area (Å²) in [6.45, 7) is 5.39. The number of hydrogen-bond donors (Lipinski definition) is 2. The van der Waals surface area contributed by atoms with Gasteiger partial charge in [-0.05, 0) is 12.8 Å². The molecule has 1 aromatic heterocycles. The van der Waals surface area contributed by atoms with E-state index in [0.29, 0.717) is 6.10 Å². The number of nitrogens with zero attached hydrogens (tertiary/aromatic N) is 4. The molecule has 0 aromatic carbocycles. The van der Waals surface area contributed by atoms with Crippen LogP contribution < -0.4 is 10.6 Å². The van der Waals surface area contributed by atoms with E-state index in [0.717, 1.165) is 57.3 Å². The Morgan fingerprint density at radius 1 is 1.55 bits per heavy atom. The van der Waals surface area contributed by atoms with Gasteiger partial charge in [-0.3, -0.25) is 4.99 Å². The molecule has 0 amide bonds. The molecule has 0 spiro atoms. The molecule has 0 radical (unpaired) electrons.